The Morgan fingerprint density at radius 1 is 1.11 bits per heavy atom. The Hall–Kier alpha value is -0.200. The first-order chi connectivity index (χ1) is 9.33. The van der Waals surface area contributed by atoms with Crippen LogP contribution in [0, 0.1) is 0 Å². The van der Waals surface area contributed by atoms with E-state index in [0.717, 1.165) is 45.9 Å². The summed E-state index contributed by atoms with van der Waals surface area (Å²) >= 11 is 0. The third kappa shape index (κ3) is 4.68. The van der Waals surface area contributed by atoms with Crippen molar-refractivity contribution in [3.05, 3.63) is 0 Å². The van der Waals surface area contributed by atoms with Gasteiger partial charge in [-0.15, -0.1) is 0 Å². The molecule has 2 aliphatic rings. The molecule has 1 unspecified atom stereocenters. The summed E-state index contributed by atoms with van der Waals surface area (Å²) in [4.78, 5) is 5.04. The molecule has 0 aliphatic carbocycles. The molecule has 0 aromatic heterocycles. The van der Waals surface area contributed by atoms with Gasteiger partial charge in [-0.1, -0.05) is 0 Å². The number of hydrogen-bond acceptors (Lipinski definition) is 5. The van der Waals surface area contributed by atoms with E-state index in [1.165, 1.54) is 6.42 Å². The molecule has 0 aromatic carbocycles. The number of rotatable bonds is 7. The lowest BCUT2D eigenvalue weighted by molar-refractivity contribution is -0.145. The fraction of sp³-hybridized carbons (Fsp3) is 1.00. The molecule has 2 heterocycles. The van der Waals surface area contributed by atoms with Crippen LogP contribution in [0.1, 0.15) is 20.3 Å². The van der Waals surface area contributed by atoms with Gasteiger partial charge in [-0.05, 0) is 26.8 Å². The van der Waals surface area contributed by atoms with Crippen LogP contribution in [0.3, 0.4) is 0 Å². The molecule has 0 amide bonds. The minimum Gasteiger partial charge on any atom is -0.379 e. The van der Waals surface area contributed by atoms with E-state index in [-0.39, 0.29) is 6.29 Å². The zero-order valence-corrected chi connectivity index (χ0v) is 12.3. The van der Waals surface area contributed by atoms with Gasteiger partial charge >= 0.3 is 0 Å². The minimum atomic E-state index is -0.0709. The molecule has 5 nitrogen and oxygen atoms in total. The monoisotopic (exact) mass is 272 g/mol. The molecule has 2 rings (SSSR count). The molecule has 0 N–H and O–H groups in total. The maximum absolute atomic E-state index is 5.63. The summed E-state index contributed by atoms with van der Waals surface area (Å²) in [7, 11) is 0. The zero-order valence-electron chi connectivity index (χ0n) is 12.3. The van der Waals surface area contributed by atoms with Crippen LogP contribution in [0.4, 0.5) is 0 Å². The average molecular weight is 272 g/mol. The summed E-state index contributed by atoms with van der Waals surface area (Å²) in [5.74, 6) is 0. The van der Waals surface area contributed by atoms with E-state index in [2.05, 4.69) is 9.80 Å². The number of nitrogens with zero attached hydrogens (tertiary/aromatic N) is 2. The zero-order chi connectivity index (χ0) is 13.5. The lowest BCUT2D eigenvalue weighted by Crippen LogP contribution is -2.45. The molecule has 0 spiro atoms. The van der Waals surface area contributed by atoms with E-state index in [1.807, 2.05) is 13.8 Å². The molecule has 0 aromatic rings. The van der Waals surface area contributed by atoms with Crippen molar-refractivity contribution in [1.82, 2.24) is 9.80 Å². The number of hydrogen-bond donors (Lipinski definition) is 0. The van der Waals surface area contributed by atoms with Gasteiger partial charge in [0.25, 0.3) is 0 Å². The van der Waals surface area contributed by atoms with E-state index in [1.54, 1.807) is 0 Å². The molecular formula is C14H28N2O3. The highest BCUT2D eigenvalue weighted by Crippen LogP contribution is 2.17. The molecule has 2 fully saturated rings. The van der Waals surface area contributed by atoms with Crippen LogP contribution in [0.25, 0.3) is 0 Å². The first-order valence-electron chi connectivity index (χ1n) is 7.60. The Morgan fingerprint density at radius 2 is 1.79 bits per heavy atom. The van der Waals surface area contributed by atoms with Gasteiger partial charge in [0.05, 0.1) is 13.2 Å². The average Bonchev–Trinajstić information content (AvgIpc) is 2.89. The summed E-state index contributed by atoms with van der Waals surface area (Å²) in [6.45, 7) is 12.6. The van der Waals surface area contributed by atoms with Gasteiger partial charge in [0, 0.05) is 45.4 Å². The maximum Gasteiger partial charge on any atom is 0.170 e. The second-order valence-corrected chi connectivity index (χ2v) is 5.19. The highest BCUT2D eigenvalue weighted by molar-refractivity contribution is 4.84. The molecule has 1 atom stereocenters. The van der Waals surface area contributed by atoms with Gasteiger partial charge in [0.2, 0.25) is 0 Å². The normalized spacial score (nSPS) is 26.4. The largest absolute Gasteiger partial charge is 0.379 e. The predicted molar refractivity (Wildman–Crippen MR) is 74.3 cm³/mol. The summed E-state index contributed by atoms with van der Waals surface area (Å²) in [6, 6.07) is 0.688. The molecule has 2 saturated heterocycles. The molecule has 19 heavy (non-hydrogen) atoms. The fourth-order valence-corrected chi connectivity index (χ4v) is 2.95. The van der Waals surface area contributed by atoms with Crippen LogP contribution in [0.2, 0.25) is 0 Å². The first-order valence-corrected chi connectivity index (χ1v) is 7.60. The Morgan fingerprint density at radius 3 is 2.42 bits per heavy atom. The lowest BCUT2D eigenvalue weighted by Gasteiger charge is -2.32. The van der Waals surface area contributed by atoms with Gasteiger partial charge in [0.15, 0.2) is 6.29 Å². The Labute approximate surface area is 116 Å². The second-order valence-electron chi connectivity index (χ2n) is 5.19. The van der Waals surface area contributed by atoms with Gasteiger partial charge in [-0.3, -0.25) is 9.80 Å². The predicted octanol–water partition coefficient (Wildman–Crippen LogP) is 0.792. The SMILES string of the molecule is CCOC(CN1CCC(N2CCOCC2)C1)OCC. The van der Waals surface area contributed by atoms with Crippen molar-refractivity contribution in [3.8, 4) is 0 Å². The standard InChI is InChI=1S/C14H28N2O3/c1-3-18-14(19-4-2)12-15-6-5-13(11-15)16-7-9-17-10-8-16/h13-14H,3-12H2,1-2H3. The first kappa shape index (κ1) is 15.2. The van der Waals surface area contributed by atoms with Crippen LogP contribution in [-0.4, -0.2) is 81.3 Å². The van der Waals surface area contributed by atoms with Crippen LogP contribution in [-0.2, 0) is 14.2 Å². The quantitative estimate of drug-likeness (QED) is 0.640. The van der Waals surface area contributed by atoms with Crippen molar-refractivity contribution < 1.29 is 14.2 Å². The topological polar surface area (TPSA) is 34.2 Å². The second kappa shape index (κ2) is 8.17. The van der Waals surface area contributed by atoms with Crippen LogP contribution in [0.15, 0.2) is 0 Å². The maximum atomic E-state index is 5.63. The third-order valence-electron chi connectivity index (χ3n) is 3.92. The highest BCUT2D eigenvalue weighted by atomic mass is 16.7. The van der Waals surface area contributed by atoms with Crippen LogP contribution in [0.5, 0.6) is 0 Å². The number of ether oxygens (including phenoxy) is 3. The smallest absolute Gasteiger partial charge is 0.170 e. The Balaban J connectivity index is 1.73. The van der Waals surface area contributed by atoms with E-state index >= 15 is 0 Å². The van der Waals surface area contributed by atoms with Crippen LogP contribution < -0.4 is 0 Å². The molecule has 0 saturated carbocycles. The van der Waals surface area contributed by atoms with E-state index in [9.17, 15) is 0 Å². The fourth-order valence-electron chi connectivity index (χ4n) is 2.95. The van der Waals surface area contributed by atoms with Crippen molar-refractivity contribution in [2.24, 2.45) is 0 Å². The van der Waals surface area contributed by atoms with Gasteiger partial charge in [-0.2, -0.15) is 0 Å². The lowest BCUT2D eigenvalue weighted by atomic mass is 10.2. The van der Waals surface area contributed by atoms with Gasteiger partial charge < -0.3 is 14.2 Å². The number of likely N-dealkylation sites (tertiary alicyclic amines) is 1. The highest BCUT2D eigenvalue weighted by Gasteiger charge is 2.29. The van der Waals surface area contributed by atoms with E-state index in [4.69, 9.17) is 14.2 Å². The van der Waals surface area contributed by atoms with Crippen molar-refractivity contribution in [3.63, 3.8) is 0 Å². The Bertz CT molecular complexity index is 241. The van der Waals surface area contributed by atoms with Crippen molar-refractivity contribution >= 4 is 0 Å². The Kier molecular flexibility index (Phi) is 6.53. The summed E-state index contributed by atoms with van der Waals surface area (Å²) < 4.78 is 16.7. The van der Waals surface area contributed by atoms with Crippen molar-refractivity contribution in [2.75, 3.05) is 59.2 Å². The third-order valence-corrected chi connectivity index (χ3v) is 3.92. The molecule has 0 radical (unpaired) electrons. The molecule has 112 valence electrons. The van der Waals surface area contributed by atoms with Gasteiger partial charge in [-0.25, -0.2) is 0 Å². The van der Waals surface area contributed by atoms with E-state index in [0.29, 0.717) is 19.3 Å². The molecular weight excluding hydrogens is 244 g/mol. The minimum absolute atomic E-state index is 0.0709. The molecule has 0 bridgehead atoms. The van der Waals surface area contributed by atoms with Crippen molar-refractivity contribution in [2.45, 2.75) is 32.6 Å². The molecule has 2 aliphatic heterocycles. The van der Waals surface area contributed by atoms with Crippen molar-refractivity contribution in [1.29, 1.82) is 0 Å². The van der Waals surface area contributed by atoms with E-state index < -0.39 is 0 Å². The summed E-state index contributed by atoms with van der Waals surface area (Å²) in [5, 5.41) is 0. The van der Waals surface area contributed by atoms with Gasteiger partial charge in [0.1, 0.15) is 0 Å². The summed E-state index contributed by atoms with van der Waals surface area (Å²) in [6.07, 6.45) is 1.18. The summed E-state index contributed by atoms with van der Waals surface area (Å²) in [5.41, 5.74) is 0. The number of morpholine rings is 1. The molecule has 5 heteroatoms. The van der Waals surface area contributed by atoms with Crippen LogP contribution >= 0.6 is 0 Å².